The zero-order valence-corrected chi connectivity index (χ0v) is 33.6. The number of hydrogen-bond acceptors (Lipinski definition) is 14. The molecule has 4 N–H and O–H groups in total. The molecule has 0 unspecified atom stereocenters. The van der Waals surface area contributed by atoms with E-state index in [1.165, 1.54) is 49.7 Å². The van der Waals surface area contributed by atoms with Gasteiger partial charge in [0.2, 0.25) is 17.8 Å². The fraction of sp³-hybridized carbons (Fsp3) is 0.375. The number of rotatable bonds is 17. The summed E-state index contributed by atoms with van der Waals surface area (Å²) in [4.78, 5) is 73.3. The summed E-state index contributed by atoms with van der Waals surface area (Å²) in [6.07, 6.45) is 1.47. The number of hydrogen-bond donors (Lipinski definition) is 4. The van der Waals surface area contributed by atoms with Crippen LogP contribution in [0, 0.1) is 0 Å². The van der Waals surface area contributed by atoms with E-state index in [1.54, 1.807) is 24.3 Å². The van der Waals surface area contributed by atoms with E-state index >= 15 is 0 Å². The number of aliphatic imine (C=N–C) groups is 1. The Balaban J connectivity index is 1.02. The maximum absolute atomic E-state index is 13.1. The number of piperidine rings is 1. The van der Waals surface area contributed by atoms with E-state index in [4.69, 9.17) is 25.8 Å². The van der Waals surface area contributed by atoms with Crippen molar-refractivity contribution in [3.63, 3.8) is 0 Å². The number of amides is 3. The summed E-state index contributed by atoms with van der Waals surface area (Å²) < 4.78 is 54.3. The molecule has 322 valence electrons. The van der Waals surface area contributed by atoms with Crippen molar-refractivity contribution in [3.05, 3.63) is 83.0 Å². The number of nitrogens with zero attached hydrogens (tertiary/aromatic N) is 6. The van der Waals surface area contributed by atoms with Crippen LogP contribution in [0.5, 0.6) is 11.9 Å². The van der Waals surface area contributed by atoms with Gasteiger partial charge in [0.15, 0.2) is 6.61 Å². The number of esters is 1. The second kappa shape index (κ2) is 20.2. The highest BCUT2D eigenvalue weighted by molar-refractivity contribution is 6.40. The van der Waals surface area contributed by atoms with Gasteiger partial charge in [-0.1, -0.05) is 30.2 Å². The van der Waals surface area contributed by atoms with Crippen LogP contribution in [-0.2, 0) is 24.7 Å². The summed E-state index contributed by atoms with van der Waals surface area (Å²) >= 11 is 6.04. The first-order chi connectivity index (χ1) is 29.3. The van der Waals surface area contributed by atoms with Gasteiger partial charge in [0.05, 0.1) is 24.5 Å². The smallest absolute Gasteiger partial charge is 0.422 e. The highest BCUT2D eigenvalue weighted by Crippen LogP contribution is 2.48. The van der Waals surface area contributed by atoms with Crippen LogP contribution in [0.1, 0.15) is 54.4 Å². The van der Waals surface area contributed by atoms with Crippen LogP contribution in [0.3, 0.4) is 0 Å². The summed E-state index contributed by atoms with van der Waals surface area (Å²) in [5, 5.41) is 11.4. The topological polar surface area (TPSA) is 211 Å². The van der Waals surface area contributed by atoms with Crippen molar-refractivity contribution >= 4 is 64.3 Å². The lowest BCUT2D eigenvalue weighted by Gasteiger charge is -2.26. The Kier molecular flexibility index (Phi) is 14.6. The molecule has 0 spiro atoms. The molecule has 0 atom stereocenters. The third kappa shape index (κ3) is 13.3. The summed E-state index contributed by atoms with van der Waals surface area (Å²) in [5.41, 5.74) is 0.640. The lowest BCUT2D eigenvalue weighted by molar-refractivity contribution is -0.154. The van der Waals surface area contributed by atoms with E-state index in [1.807, 2.05) is 12.1 Å². The normalized spacial score (nSPS) is 14.9. The zero-order valence-electron chi connectivity index (χ0n) is 32.9. The van der Waals surface area contributed by atoms with E-state index in [-0.39, 0.29) is 41.8 Å². The molecular formula is C40H42ClF3N10O7. The molecule has 1 aliphatic carbocycles. The Morgan fingerprint density at radius 1 is 0.869 bits per heavy atom. The fourth-order valence-electron chi connectivity index (χ4n) is 6.17. The van der Waals surface area contributed by atoms with Gasteiger partial charge in [-0.25, -0.2) is 14.8 Å². The van der Waals surface area contributed by atoms with Gasteiger partial charge in [-0.2, -0.15) is 28.1 Å². The van der Waals surface area contributed by atoms with Crippen LogP contribution >= 0.6 is 11.6 Å². The molecule has 3 amide bonds. The van der Waals surface area contributed by atoms with Gasteiger partial charge in [0.1, 0.15) is 12.3 Å². The molecule has 6 rings (SSSR count). The number of carbonyl (C=O) groups is 4. The lowest BCUT2D eigenvalue weighted by atomic mass is 10.1. The number of aromatic nitrogens is 4. The molecule has 3 heterocycles. The summed E-state index contributed by atoms with van der Waals surface area (Å²) in [6.45, 7) is 1.50. The van der Waals surface area contributed by atoms with Crippen molar-refractivity contribution in [2.75, 3.05) is 62.5 Å². The Morgan fingerprint density at radius 3 is 2.23 bits per heavy atom. The first-order valence-corrected chi connectivity index (χ1v) is 19.6. The van der Waals surface area contributed by atoms with E-state index in [0.29, 0.717) is 36.0 Å². The number of nitrogens with one attached hydrogen (secondary N) is 4. The number of methoxy groups -OCH3 is 1. The van der Waals surface area contributed by atoms with E-state index < -0.39 is 48.0 Å². The van der Waals surface area contributed by atoms with Crippen molar-refractivity contribution in [1.29, 1.82) is 0 Å². The molecular weight excluding hydrogens is 825 g/mol. The largest absolute Gasteiger partial charge is 0.476 e. The molecule has 61 heavy (non-hydrogen) atoms. The van der Waals surface area contributed by atoms with Gasteiger partial charge in [-0.3, -0.25) is 19.3 Å². The van der Waals surface area contributed by atoms with Crippen LogP contribution in [0.15, 0.2) is 71.9 Å². The van der Waals surface area contributed by atoms with E-state index in [0.717, 1.165) is 32.3 Å². The molecule has 0 radical (unpaired) electrons. The standard InChI is InChI=1S/C40H42ClF3N10O7/c1-59-35(58)30(15-18-45-33(56)34(57)47-29-13-14-31(46-23-29)60-22-21-54-19-3-2-4-20-54)49-32(55)25-5-11-28(12-6-25)48-36-50-37(52-38(51-36)61-24-40(42,43)44)53-39(16-17-39)26-7-9-27(41)10-8-26/h5-14,23H,2-4,15-22,24H2,1H3,(H,45,56)(H,47,57)(H2,48,50,51,52,53)/b49-30-. The fourth-order valence-corrected chi connectivity index (χ4v) is 6.30. The summed E-state index contributed by atoms with van der Waals surface area (Å²) in [7, 11) is 1.09. The van der Waals surface area contributed by atoms with Crippen LogP contribution in [0.25, 0.3) is 0 Å². The van der Waals surface area contributed by atoms with Crippen molar-refractivity contribution in [2.45, 2.75) is 50.2 Å². The molecule has 4 aromatic rings. The Morgan fingerprint density at radius 2 is 1.57 bits per heavy atom. The maximum Gasteiger partial charge on any atom is 0.422 e. The van der Waals surface area contributed by atoms with Crippen molar-refractivity contribution in [1.82, 2.24) is 30.2 Å². The number of benzene rings is 2. The van der Waals surface area contributed by atoms with Crippen molar-refractivity contribution < 1.29 is 46.6 Å². The number of anilines is 4. The monoisotopic (exact) mass is 866 g/mol. The van der Waals surface area contributed by atoms with Gasteiger partial charge in [-0.15, -0.1) is 0 Å². The van der Waals surface area contributed by atoms with Crippen LogP contribution in [0.4, 0.5) is 36.4 Å². The van der Waals surface area contributed by atoms with Crippen LogP contribution in [-0.4, -0.2) is 107 Å². The van der Waals surface area contributed by atoms with E-state index in [2.05, 4.69) is 51.1 Å². The quantitative estimate of drug-likeness (QED) is 0.0590. The van der Waals surface area contributed by atoms with Crippen molar-refractivity contribution in [3.8, 4) is 11.9 Å². The highest BCUT2D eigenvalue weighted by atomic mass is 35.5. The van der Waals surface area contributed by atoms with Crippen molar-refractivity contribution in [2.24, 2.45) is 4.99 Å². The minimum Gasteiger partial charge on any atom is -0.476 e. The predicted molar refractivity (Wildman–Crippen MR) is 217 cm³/mol. The number of alkyl halides is 3. The van der Waals surface area contributed by atoms with Gasteiger partial charge in [-0.05, 0) is 86.8 Å². The molecule has 2 aromatic carbocycles. The second-order valence-electron chi connectivity index (χ2n) is 14.0. The number of likely N-dealkylation sites (tertiary alicyclic amines) is 1. The van der Waals surface area contributed by atoms with E-state index in [9.17, 15) is 32.3 Å². The molecule has 1 saturated heterocycles. The molecule has 2 aromatic heterocycles. The average molecular weight is 867 g/mol. The van der Waals surface area contributed by atoms with Crippen LogP contribution in [0.2, 0.25) is 5.02 Å². The highest BCUT2D eigenvalue weighted by Gasteiger charge is 2.45. The Bertz CT molecular complexity index is 2200. The molecule has 0 bridgehead atoms. The molecule has 21 heteroatoms. The molecule has 17 nitrogen and oxygen atoms in total. The first kappa shape index (κ1) is 44.2. The third-order valence-electron chi connectivity index (χ3n) is 9.48. The van der Waals surface area contributed by atoms with Gasteiger partial charge >= 0.3 is 30.0 Å². The molecule has 2 fully saturated rings. The number of ether oxygens (including phenoxy) is 3. The van der Waals surface area contributed by atoms with Crippen LogP contribution < -0.4 is 30.7 Å². The van der Waals surface area contributed by atoms with Gasteiger partial charge < -0.3 is 35.5 Å². The Labute approximate surface area is 352 Å². The zero-order chi connectivity index (χ0) is 43.4. The Hall–Kier alpha value is -6.41. The minimum absolute atomic E-state index is 0.0398. The molecule has 1 saturated carbocycles. The minimum atomic E-state index is -4.65. The maximum atomic E-state index is 13.1. The number of carbonyl (C=O) groups excluding carboxylic acids is 4. The summed E-state index contributed by atoms with van der Waals surface area (Å²) in [6, 6.07) is 15.3. The predicted octanol–water partition coefficient (Wildman–Crippen LogP) is 5.47. The first-order valence-electron chi connectivity index (χ1n) is 19.2. The second-order valence-corrected chi connectivity index (χ2v) is 14.5. The van der Waals surface area contributed by atoms with Gasteiger partial charge in [0.25, 0.3) is 5.91 Å². The third-order valence-corrected chi connectivity index (χ3v) is 9.73. The summed E-state index contributed by atoms with van der Waals surface area (Å²) in [5.74, 6) is -3.56. The van der Waals surface area contributed by atoms with Gasteiger partial charge in [0, 0.05) is 41.9 Å². The average Bonchev–Trinajstić information content (AvgIpc) is 4.03. The number of pyridine rings is 1. The molecule has 1 aliphatic heterocycles. The SMILES string of the molecule is COC(=O)/C(CCNC(=O)C(=O)Nc1ccc(OCCN2CCCCC2)nc1)=N\C(=O)c1ccc(Nc2nc(NC3(c4ccc(Cl)cc4)CC3)nc(OCC(F)(F)F)n2)cc1. The molecule has 2 aliphatic rings. The lowest BCUT2D eigenvalue weighted by Crippen LogP contribution is -2.37. The number of halogens is 4.